The topological polar surface area (TPSA) is 71.5 Å². The fourth-order valence-electron chi connectivity index (χ4n) is 2.01. The zero-order valence-corrected chi connectivity index (χ0v) is 14.2. The average Bonchev–Trinajstić information content (AvgIpc) is 2.59. The molecule has 6 heteroatoms. The maximum Gasteiger partial charge on any atom is 0.407 e. The van der Waals surface area contributed by atoms with Crippen molar-refractivity contribution in [1.82, 2.24) is 10.3 Å². The largest absolute Gasteiger partial charge is 0.450 e. The molecule has 0 unspecified atom stereocenters. The van der Waals surface area contributed by atoms with Crippen molar-refractivity contribution in [3.05, 3.63) is 64.4 Å². The van der Waals surface area contributed by atoms with E-state index >= 15 is 0 Å². The molecule has 23 heavy (non-hydrogen) atoms. The van der Waals surface area contributed by atoms with Crippen molar-refractivity contribution in [3.63, 3.8) is 0 Å². The van der Waals surface area contributed by atoms with Crippen LogP contribution in [-0.2, 0) is 11.2 Å². The number of benzene rings is 1. The number of hydrogen-bond donors (Lipinski definition) is 2. The van der Waals surface area contributed by atoms with E-state index in [1.807, 2.05) is 24.3 Å². The van der Waals surface area contributed by atoms with E-state index in [0.29, 0.717) is 12.2 Å². The summed E-state index contributed by atoms with van der Waals surface area (Å²) in [5, 5.41) is 12.4. The van der Waals surface area contributed by atoms with E-state index in [0.717, 1.165) is 17.3 Å². The first-order chi connectivity index (χ1) is 11.1. The highest BCUT2D eigenvalue weighted by molar-refractivity contribution is 9.10. The van der Waals surface area contributed by atoms with Gasteiger partial charge in [-0.1, -0.05) is 34.1 Å². The molecule has 2 rings (SSSR count). The first-order valence-corrected chi connectivity index (χ1v) is 8.17. The molecule has 0 aliphatic rings. The molecule has 2 aromatic rings. The van der Waals surface area contributed by atoms with E-state index in [4.69, 9.17) is 4.74 Å². The molecule has 0 aliphatic heterocycles. The highest BCUT2D eigenvalue weighted by Crippen LogP contribution is 2.12. The number of aryl methyl sites for hydroxylation is 1. The normalized spacial score (nSPS) is 11.7. The number of nitrogens with one attached hydrogen (secondary N) is 1. The van der Waals surface area contributed by atoms with Crippen LogP contribution in [0, 0.1) is 0 Å². The Labute approximate surface area is 143 Å². The van der Waals surface area contributed by atoms with Crippen LogP contribution in [0.25, 0.3) is 0 Å². The maximum absolute atomic E-state index is 11.6. The second kappa shape index (κ2) is 9.27. The van der Waals surface area contributed by atoms with Gasteiger partial charge in [-0.2, -0.15) is 0 Å². The molecule has 0 radical (unpaired) electrons. The SMILES string of the molecule is O=C(NC[C@H](O)c1cccnc1)OCCCc1ccc(Br)cc1. The summed E-state index contributed by atoms with van der Waals surface area (Å²) < 4.78 is 6.13. The van der Waals surface area contributed by atoms with Gasteiger partial charge in [0.25, 0.3) is 0 Å². The zero-order valence-electron chi connectivity index (χ0n) is 12.6. The van der Waals surface area contributed by atoms with Crippen molar-refractivity contribution in [2.45, 2.75) is 18.9 Å². The van der Waals surface area contributed by atoms with Gasteiger partial charge in [-0.15, -0.1) is 0 Å². The van der Waals surface area contributed by atoms with Crippen molar-refractivity contribution in [3.8, 4) is 0 Å². The molecule has 1 aromatic heterocycles. The Hall–Kier alpha value is -1.92. The Bertz CT molecular complexity index is 605. The second-order valence-corrected chi connectivity index (χ2v) is 5.96. The van der Waals surface area contributed by atoms with Crippen LogP contribution >= 0.6 is 15.9 Å². The minimum Gasteiger partial charge on any atom is -0.450 e. The van der Waals surface area contributed by atoms with Gasteiger partial charge in [0, 0.05) is 22.4 Å². The third kappa shape index (κ3) is 6.38. The second-order valence-electron chi connectivity index (χ2n) is 5.05. The number of aliphatic hydroxyl groups excluding tert-OH is 1. The third-order valence-electron chi connectivity index (χ3n) is 3.27. The maximum atomic E-state index is 11.6. The van der Waals surface area contributed by atoms with Crippen molar-refractivity contribution in [2.24, 2.45) is 0 Å². The number of alkyl carbamates (subject to hydrolysis) is 1. The lowest BCUT2D eigenvalue weighted by molar-refractivity contribution is 0.130. The monoisotopic (exact) mass is 378 g/mol. The molecule has 1 atom stereocenters. The molecule has 1 amide bonds. The number of halogens is 1. The smallest absolute Gasteiger partial charge is 0.407 e. The van der Waals surface area contributed by atoms with Crippen molar-refractivity contribution >= 4 is 22.0 Å². The van der Waals surface area contributed by atoms with Gasteiger partial charge in [-0.3, -0.25) is 4.98 Å². The summed E-state index contributed by atoms with van der Waals surface area (Å²) in [6.07, 6.45) is 3.47. The van der Waals surface area contributed by atoms with Gasteiger partial charge >= 0.3 is 6.09 Å². The summed E-state index contributed by atoms with van der Waals surface area (Å²) in [7, 11) is 0. The zero-order chi connectivity index (χ0) is 16.5. The van der Waals surface area contributed by atoms with E-state index in [1.165, 1.54) is 5.56 Å². The summed E-state index contributed by atoms with van der Waals surface area (Å²) in [4.78, 5) is 15.5. The fraction of sp³-hybridized carbons (Fsp3) is 0.294. The van der Waals surface area contributed by atoms with Crippen LogP contribution in [0.4, 0.5) is 4.79 Å². The first kappa shape index (κ1) is 17.4. The van der Waals surface area contributed by atoms with Gasteiger partial charge in [0.1, 0.15) is 0 Å². The number of ether oxygens (including phenoxy) is 1. The summed E-state index contributed by atoms with van der Waals surface area (Å²) >= 11 is 3.39. The number of aromatic nitrogens is 1. The number of amides is 1. The minimum absolute atomic E-state index is 0.0945. The lowest BCUT2D eigenvalue weighted by Gasteiger charge is -2.12. The number of pyridine rings is 1. The van der Waals surface area contributed by atoms with Gasteiger partial charge < -0.3 is 15.2 Å². The van der Waals surface area contributed by atoms with Crippen LogP contribution in [0.1, 0.15) is 23.7 Å². The van der Waals surface area contributed by atoms with E-state index in [1.54, 1.807) is 24.5 Å². The molecule has 0 spiro atoms. The molecular weight excluding hydrogens is 360 g/mol. The molecule has 2 N–H and O–H groups in total. The highest BCUT2D eigenvalue weighted by atomic mass is 79.9. The Balaban J connectivity index is 1.61. The van der Waals surface area contributed by atoms with E-state index < -0.39 is 12.2 Å². The molecule has 0 saturated carbocycles. The van der Waals surface area contributed by atoms with Crippen LogP contribution in [0.15, 0.2) is 53.3 Å². The number of hydrogen-bond acceptors (Lipinski definition) is 4. The molecule has 0 aliphatic carbocycles. The van der Waals surface area contributed by atoms with E-state index in [9.17, 15) is 9.90 Å². The van der Waals surface area contributed by atoms with Crippen LogP contribution in [-0.4, -0.2) is 29.3 Å². The van der Waals surface area contributed by atoms with Crippen LogP contribution in [0.2, 0.25) is 0 Å². The fourth-order valence-corrected chi connectivity index (χ4v) is 2.28. The minimum atomic E-state index is -0.793. The third-order valence-corrected chi connectivity index (χ3v) is 3.79. The van der Waals surface area contributed by atoms with Gasteiger partial charge in [0.2, 0.25) is 0 Å². The molecule has 0 fully saturated rings. The molecule has 1 heterocycles. The molecule has 5 nitrogen and oxygen atoms in total. The van der Waals surface area contributed by atoms with Gasteiger partial charge in [-0.05, 0) is 36.6 Å². The van der Waals surface area contributed by atoms with E-state index in [-0.39, 0.29) is 6.54 Å². The van der Waals surface area contributed by atoms with Gasteiger partial charge in [0.15, 0.2) is 0 Å². The van der Waals surface area contributed by atoms with Crippen molar-refractivity contribution < 1.29 is 14.6 Å². The quantitative estimate of drug-likeness (QED) is 0.725. The Morgan fingerprint density at radius 1 is 1.30 bits per heavy atom. The Morgan fingerprint density at radius 3 is 2.78 bits per heavy atom. The molecule has 0 bridgehead atoms. The number of carbonyl (C=O) groups is 1. The van der Waals surface area contributed by atoms with Crippen LogP contribution in [0.3, 0.4) is 0 Å². The Morgan fingerprint density at radius 2 is 2.09 bits per heavy atom. The van der Waals surface area contributed by atoms with Gasteiger partial charge in [0.05, 0.1) is 19.3 Å². The first-order valence-electron chi connectivity index (χ1n) is 7.38. The van der Waals surface area contributed by atoms with Crippen LogP contribution in [0.5, 0.6) is 0 Å². The predicted molar refractivity (Wildman–Crippen MR) is 91.0 cm³/mol. The van der Waals surface area contributed by atoms with Crippen LogP contribution < -0.4 is 5.32 Å². The highest BCUT2D eigenvalue weighted by Gasteiger charge is 2.09. The lowest BCUT2D eigenvalue weighted by Crippen LogP contribution is -2.29. The summed E-state index contributed by atoms with van der Waals surface area (Å²) in [5.74, 6) is 0. The lowest BCUT2D eigenvalue weighted by atomic mass is 10.1. The molecule has 1 aromatic carbocycles. The summed E-state index contributed by atoms with van der Waals surface area (Å²) in [5.41, 5.74) is 1.85. The molecule has 0 saturated heterocycles. The van der Waals surface area contributed by atoms with Crippen molar-refractivity contribution in [2.75, 3.05) is 13.2 Å². The number of carbonyl (C=O) groups excluding carboxylic acids is 1. The van der Waals surface area contributed by atoms with Crippen molar-refractivity contribution in [1.29, 1.82) is 0 Å². The summed E-state index contributed by atoms with van der Waals surface area (Å²) in [6, 6.07) is 11.5. The number of aliphatic hydroxyl groups is 1. The average molecular weight is 379 g/mol. The molecular formula is C17H19BrN2O3. The Kier molecular flexibility index (Phi) is 7.03. The number of rotatable bonds is 7. The van der Waals surface area contributed by atoms with E-state index in [2.05, 4.69) is 26.2 Å². The summed E-state index contributed by atoms with van der Waals surface area (Å²) in [6.45, 7) is 0.433. The predicted octanol–water partition coefficient (Wildman–Crippen LogP) is 3.24. The molecule has 122 valence electrons. The standard InChI is InChI=1S/C17H19BrN2O3/c18-15-7-5-13(6-8-15)3-2-10-23-17(22)20-12-16(21)14-4-1-9-19-11-14/h1,4-9,11,16,21H,2-3,10,12H2,(H,20,22)/t16-/m0/s1. The van der Waals surface area contributed by atoms with Gasteiger partial charge in [-0.25, -0.2) is 4.79 Å². The number of nitrogens with zero attached hydrogens (tertiary/aromatic N) is 1.